The topological polar surface area (TPSA) is 134 Å². The molecular formula is C27H20N4O6. The first-order valence-electron chi connectivity index (χ1n) is 11.2. The first kappa shape index (κ1) is 23.5. The number of H-pyrrole nitrogens is 1. The van der Waals surface area contributed by atoms with Crippen LogP contribution in [-0.2, 0) is 6.54 Å². The van der Waals surface area contributed by atoms with Crippen LogP contribution in [0.4, 0.5) is 5.69 Å². The summed E-state index contributed by atoms with van der Waals surface area (Å²) in [6.07, 6.45) is 1.14. The molecule has 2 heterocycles. The van der Waals surface area contributed by atoms with Crippen molar-refractivity contribution in [2.45, 2.75) is 6.54 Å². The van der Waals surface area contributed by atoms with Gasteiger partial charge in [-0.2, -0.15) is 0 Å². The third-order valence-electron chi connectivity index (χ3n) is 5.95. The van der Waals surface area contributed by atoms with Crippen molar-refractivity contribution in [2.75, 3.05) is 7.11 Å². The molecule has 0 fully saturated rings. The highest BCUT2D eigenvalue weighted by atomic mass is 16.5. The van der Waals surface area contributed by atoms with Crippen molar-refractivity contribution >= 4 is 23.7 Å². The molecule has 0 bridgehead atoms. The van der Waals surface area contributed by atoms with Crippen LogP contribution in [0.15, 0.2) is 87.4 Å². The van der Waals surface area contributed by atoms with Gasteiger partial charge in [-0.1, -0.05) is 30.3 Å². The van der Waals surface area contributed by atoms with E-state index in [1.54, 1.807) is 72.8 Å². The lowest BCUT2D eigenvalue weighted by Crippen LogP contribution is -2.31. The molecule has 5 rings (SSSR count). The molecule has 10 nitrogen and oxygen atoms in total. The van der Waals surface area contributed by atoms with E-state index >= 15 is 0 Å². The molecule has 0 unspecified atom stereocenters. The van der Waals surface area contributed by atoms with Crippen molar-refractivity contribution < 1.29 is 19.4 Å². The standard InChI is InChI=1S/C27H20N4O6/c1-37-22-12-11-17(13-16(22)15-30-24(33)19-9-5-6-10-20(19)25(30)34)28-14-21-23(32)29-27(36)31(26(21)35)18-7-3-2-4-8-18/h2-14,35H,15H2,1H3,(H,29,32,36). The van der Waals surface area contributed by atoms with Gasteiger partial charge in [0.25, 0.3) is 17.4 Å². The Morgan fingerprint density at radius 3 is 2.22 bits per heavy atom. The van der Waals surface area contributed by atoms with Gasteiger partial charge in [-0.05, 0) is 42.5 Å². The lowest BCUT2D eigenvalue weighted by Gasteiger charge is -2.16. The van der Waals surface area contributed by atoms with Gasteiger partial charge in [0.15, 0.2) is 0 Å². The quantitative estimate of drug-likeness (QED) is 0.311. The Labute approximate surface area is 209 Å². The number of imide groups is 1. The Bertz CT molecular complexity index is 1650. The number of methoxy groups -OCH3 is 1. The Kier molecular flexibility index (Phi) is 5.98. The largest absolute Gasteiger partial charge is 0.496 e. The maximum absolute atomic E-state index is 12.8. The Balaban J connectivity index is 1.48. The van der Waals surface area contributed by atoms with Crippen LogP contribution >= 0.6 is 0 Å². The number of para-hydroxylation sites is 1. The number of aliphatic imine (C=N–C) groups is 1. The van der Waals surface area contributed by atoms with Crippen molar-refractivity contribution in [1.82, 2.24) is 14.5 Å². The molecule has 10 heteroatoms. The maximum atomic E-state index is 12.8. The zero-order chi connectivity index (χ0) is 26.1. The van der Waals surface area contributed by atoms with Crippen LogP contribution in [0.25, 0.3) is 5.69 Å². The number of carbonyl (C=O) groups is 2. The summed E-state index contributed by atoms with van der Waals surface area (Å²) in [6, 6.07) is 19.8. The summed E-state index contributed by atoms with van der Waals surface area (Å²) >= 11 is 0. The predicted molar refractivity (Wildman–Crippen MR) is 135 cm³/mol. The van der Waals surface area contributed by atoms with E-state index in [-0.39, 0.29) is 12.1 Å². The lowest BCUT2D eigenvalue weighted by molar-refractivity contribution is 0.0641. The average Bonchev–Trinajstić information content (AvgIpc) is 3.14. The van der Waals surface area contributed by atoms with Gasteiger partial charge in [-0.15, -0.1) is 0 Å². The summed E-state index contributed by atoms with van der Waals surface area (Å²) in [7, 11) is 1.47. The summed E-state index contributed by atoms with van der Waals surface area (Å²) < 4.78 is 6.37. The SMILES string of the molecule is COc1ccc(N=Cc2c(O)n(-c3ccccc3)c(=O)[nH]c2=O)cc1CN1C(=O)c2ccccc2C1=O. The van der Waals surface area contributed by atoms with Gasteiger partial charge < -0.3 is 9.84 Å². The highest BCUT2D eigenvalue weighted by Gasteiger charge is 2.35. The van der Waals surface area contributed by atoms with E-state index in [2.05, 4.69) is 9.98 Å². The van der Waals surface area contributed by atoms with Gasteiger partial charge in [-0.3, -0.25) is 29.3 Å². The second-order valence-corrected chi connectivity index (χ2v) is 8.16. The molecule has 0 atom stereocenters. The van der Waals surface area contributed by atoms with Crippen molar-refractivity contribution in [3.05, 3.63) is 116 Å². The molecule has 0 saturated carbocycles. The van der Waals surface area contributed by atoms with Crippen LogP contribution in [0.5, 0.6) is 11.6 Å². The number of aromatic hydroxyl groups is 1. The molecule has 184 valence electrons. The number of rotatable bonds is 6. The first-order chi connectivity index (χ1) is 17.9. The van der Waals surface area contributed by atoms with Crippen LogP contribution < -0.4 is 16.0 Å². The van der Waals surface area contributed by atoms with Crippen LogP contribution in [0.3, 0.4) is 0 Å². The minimum atomic E-state index is -0.807. The number of aromatic nitrogens is 2. The molecular weight excluding hydrogens is 476 g/mol. The molecule has 1 aliphatic heterocycles. The number of hydrogen-bond donors (Lipinski definition) is 2. The summed E-state index contributed by atoms with van der Waals surface area (Å²) in [6.45, 7) is -0.0520. The normalized spacial score (nSPS) is 12.8. The van der Waals surface area contributed by atoms with Gasteiger partial charge in [0.1, 0.15) is 11.3 Å². The summed E-state index contributed by atoms with van der Waals surface area (Å²) in [5.41, 5.74) is 0.0944. The molecule has 2 amide bonds. The summed E-state index contributed by atoms with van der Waals surface area (Å²) in [5.74, 6) is -0.940. The molecule has 1 aromatic heterocycles. The van der Waals surface area contributed by atoms with Crippen LogP contribution in [0, 0.1) is 0 Å². The molecule has 1 aliphatic rings. The maximum Gasteiger partial charge on any atom is 0.335 e. The number of nitrogens with zero attached hydrogens (tertiary/aromatic N) is 3. The van der Waals surface area contributed by atoms with Crippen LogP contribution in [-0.4, -0.2) is 44.7 Å². The van der Waals surface area contributed by atoms with Crippen LogP contribution in [0.1, 0.15) is 31.8 Å². The number of carbonyl (C=O) groups excluding carboxylic acids is 2. The Morgan fingerprint density at radius 2 is 1.57 bits per heavy atom. The highest BCUT2D eigenvalue weighted by Crippen LogP contribution is 2.30. The van der Waals surface area contributed by atoms with Gasteiger partial charge in [0.05, 0.1) is 36.2 Å². The number of amides is 2. The fourth-order valence-corrected chi connectivity index (χ4v) is 4.13. The van der Waals surface area contributed by atoms with Gasteiger partial charge in [0.2, 0.25) is 5.88 Å². The molecule has 0 saturated heterocycles. The van der Waals surface area contributed by atoms with E-state index in [1.165, 1.54) is 7.11 Å². The molecule has 3 aromatic carbocycles. The van der Waals surface area contributed by atoms with Crippen molar-refractivity contribution in [3.8, 4) is 17.3 Å². The van der Waals surface area contributed by atoms with Crippen LogP contribution in [0.2, 0.25) is 0 Å². The Hall–Kier alpha value is -5.25. The van der Waals surface area contributed by atoms with E-state index in [4.69, 9.17) is 4.74 Å². The van der Waals surface area contributed by atoms with E-state index in [1.807, 2.05) is 0 Å². The molecule has 4 aromatic rings. The number of hydrogen-bond acceptors (Lipinski definition) is 7. The Morgan fingerprint density at radius 1 is 0.919 bits per heavy atom. The van der Waals surface area contributed by atoms with Gasteiger partial charge in [-0.25, -0.2) is 9.36 Å². The molecule has 37 heavy (non-hydrogen) atoms. The third-order valence-corrected chi connectivity index (χ3v) is 5.95. The molecule has 2 N–H and O–H groups in total. The summed E-state index contributed by atoms with van der Waals surface area (Å²) in [4.78, 5) is 57.9. The average molecular weight is 496 g/mol. The number of benzene rings is 3. The molecule has 0 spiro atoms. The van der Waals surface area contributed by atoms with E-state index in [0.29, 0.717) is 33.8 Å². The smallest absolute Gasteiger partial charge is 0.335 e. The third kappa shape index (κ3) is 4.20. The second kappa shape index (κ2) is 9.42. The van der Waals surface area contributed by atoms with E-state index in [9.17, 15) is 24.3 Å². The molecule has 0 aliphatic carbocycles. The monoisotopic (exact) mass is 496 g/mol. The van der Waals surface area contributed by atoms with Crippen molar-refractivity contribution in [3.63, 3.8) is 0 Å². The fraction of sp³-hybridized carbons (Fsp3) is 0.0741. The number of nitrogens with one attached hydrogen (secondary N) is 1. The van der Waals surface area contributed by atoms with Crippen molar-refractivity contribution in [1.29, 1.82) is 0 Å². The van der Waals surface area contributed by atoms with Crippen molar-refractivity contribution in [2.24, 2.45) is 4.99 Å². The molecule has 0 radical (unpaired) electrons. The number of ether oxygens (including phenoxy) is 1. The predicted octanol–water partition coefficient (Wildman–Crippen LogP) is 2.79. The van der Waals surface area contributed by atoms with Gasteiger partial charge in [0, 0.05) is 11.8 Å². The lowest BCUT2D eigenvalue weighted by atomic mass is 10.1. The minimum absolute atomic E-state index is 0.0520. The summed E-state index contributed by atoms with van der Waals surface area (Å²) in [5, 5.41) is 10.7. The number of fused-ring (bicyclic) bond motifs is 1. The fourth-order valence-electron chi connectivity index (χ4n) is 4.13. The van der Waals surface area contributed by atoms with E-state index < -0.39 is 28.9 Å². The zero-order valence-electron chi connectivity index (χ0n) is 19.5. The second-order valence-electron chi connectivity index (χ2n) is 8.16. The first-order valence-corrected chi connectivity index (χ1v) is 11.2. The van der Waals surface area contributed by atoms with E-state index in [0.717, 1.165) is 15.7 Å². The zero-order valence-corrected chi connectivity index (χ0v) is 19.5. The number of aromatic amines is 1. The van der Waals surface area contributed by atoms with Gasteiger partial charge >= 0.3 is 5.69 Å². The highest BCUT2D eigenvalue weighted by molar-refractivity contribution is 6.21. The minimum Gasteiger partial charge on any atom is -0.496 e.